The highest BCUT2D eigenvalue weighted by atomic mass is 16.4. The van der Waals surface area contributed by atoms with E-state index in [1.807, 2.05) is 0 Å². The molecule has 2 rings (SSSR count). The van der Waals surface area contributed by atoms with Crippen LogP contribution in [0.25, 0.3) is 0 Å². The van der Waals surface area contributed by atoms with Crippen molar-refractivity contribution in [3.63, 3.8) is 0 Å². The van der Waals surface area contributed by atoms with E-state index in [4.69, 9.17) is 5.11 Å². The second-order valence-corrected chi connectivity index (χ2v) is 6.88. The molecule has 19 heavy (non-hydrogen) atoms. The molecule has 1 aromatic rings. The molecular formula is C17H24O2. The molecule has 1 N–H and O–H groups in total. The van der Waals surface area contributed by atoms with Gasteiger partial charge in [0.2, 0.25) is 0 Å². The molecule has 0 amide bonds. The Hall–Kier alpha value is -1.31. The summed E-state index contributed by atoms with van der Waals surface area (Å²) in [6.07, 6.45) is 2.43. The van der Waals surface area contributed by atoms with Crippen LogP contribution in [0.15, 0.2) is 18.2 Å². The van der Waals surface area contributed by atoms with Gasteiger partial charge in [0.15, 0.2) is 0 Å². The lowest BCUT2D eigenvalue weighted by atomic mass is 9.72. The topological polar surface area (TPSA) is 37.3 Å². The van der Waals surface area contributed by atoms with Gasteiger partial charge in [-0.3, -0.25) is 4.79 Å². The molecule has 0 saturated carbocycles. The summed E-state index contributed by atoms with van der Waals surface area (Å²) in [6.45, 7) is 8.79. The Kier molecular flexibility index (Phi) is 3.71. The minimum absolute atomic E-state index is 0.115. The van der Waals surface area contributed by atoms with Gasteiger partial charge in [0.25, 0.3) is 0 Å². The molecule has 1 aromatic carbocycles. The Bertz CT molecular complexity index is 483. The third-order valence-corrected chi connectivity index (χ3v) is 4.36. The van der Waals surface area contributed by atoms with E-state index in [1.165, 1.54) is 16.7 Å². The Balaban J connectivity index is 2.44. The molecule has 2 unspecified atom stereocenters. The van der Waals surface area contributed by atoms with Gasteiger partial charge in [0, 0.05) is 0 Å². The smallest absolute Gasteiger partial charge is 0.303 e. The molecule has 0 bridgehead atoms. The molecule has 2 nitrogen and oxygen atoms in total. The minimum Gasteiger partial charge on any atom is -0.481 e. The molecule has 0 fully saturated rings. The summed E-state index contributed by atoms with van der Waals surface area (Å²) in [4.78, 5) is 11.1. The summed E-state index contributed by atoms with van der Waals surface area (Å²) in [7, 11) is 0. The summed E-state index contributed by atoms with van der Waals surface area (Å²) in [5, 5.41) is 9.14. The first-order valence-corrected chi connectivity index (χ1v) is 7.14. The summed E-state index contributed by atoms with van der Waals surface area (Å²) >= 11 is 0. The third-order valence-electron chi connectivity index (χ3n) is 4.36. The van der Waals surface area contributed by atoms with Gasteiger partial charge < -0.3 is 5.11 Å². The normalized spacial score (nSPS) is 22.9. The van der Waals surface area contributed by atoms with E-state index in [-0.39, 0.29) is 17.8 Å². The van der Waals surface area contributed by atoms with Crippen LogP contribution in [0.1, 0.15) is 63.1 Å². The molecule has 0 spiro atoms. The van der Waals surface area contributed by atoms with Crippen LogP contribution < -0.4 is 0 Å². The fourth-order valence-electron chi connectivity index (χ4n) is 3.02. The number of hydrogen-bond donors (Lipinski definition) is 1. The van der Waals surface area contributed by atoms with E-state index in [0.29, 0.717) is 5.92 Å². The lowest BCUT2D eigenvalue weighted by molar-refractivity contribution is -0.137. The quantitative estimate of drug-likeness (QED) is 0.868. The Morgan fingerprint density at radius 3 is 2.63 bits per heavy atom. The largest absolute Gasteiger partial charge is 0.481 e. The molecule has 0 radical (unpaired) electrons. The van der Waals surface area contributed by atoms with Crippen LogP contribution >= 0.6 is 0 Å². The van der Waals surface area contributed by atoms with Crippen molar-refractivity contribution in [1.29, 1.82) is 0 Å². The summed E-state index contributed by atoms with van der Waals surface area (Å²) in [5.41, 5.74) is 4.03. The first kappa shape index (κ1) is 14.1. The monoisotopic (exact) mass is 260 g/mol. The molecule has 2 atom stereocenters. The highest BCUT2D eigenvalue weighted by Crippen LogP contribution is 2.40. The highest BCUT2D eigenvalue weighted by Gasteiger charge is 2.29. The molecule has 2 heteroatoms. The fraction of sp³-hybridized carbons (Fsp3) is 0.588. The van der Waals surface area contributed by atoms with Crippen molar-refractivity contribution in [3.05, 3.63) is 34.9 Å². The maximum atomic E-state index is 11.1. The van der Waals surface area contributed by atoms with Gasteiger partial charge in [-0.25, -0.2) is 0 Å². The van der Waals surface area contributed by atoms with Gasteiger partial charge in [0.05, 0.1) is 6.42 Å². The number of carboxylic acid groups (broad SMARTS) is 1. The Morgan fingerprint density at radius 2 is 2.05 bits per heavy atom. The Labute approximate surface area is 115 Å². The third kappa shape index (κ3) is 2.99. The average molecular weight is 260 g/mol. The van der Waals surface area contributed by atoms with Gasteiger partial charge in [0.1, 0.15) is 0 Å². The van der Waals surface area contributed by atoms with Crippen molar-refractivity contribution in [3.8, 4) is 0 Å². The van der Waals surface area contributed by atoms with Crippen LogP contribution in [0.4, 0.5) is 0 Å². The Morgan fingerprint density at radius 1 is 1.37 bits per heavy atom. The molecular weight excluding hydrogens is 236 g/mol. The van der Waals surface area contributed by atoms with Crippen molar-refractivity contribution in [2.75, 3.05) is 0 Å². The van der Waals surface area contributed by atoms with E-state index >= 15 is 0 Å². The minimum atomic E-state index is -0.689. The van der Waals surface area contributed by atoms with Crippen LogP contribution in [0, 0.1) is 5.92 Å². The van der Waals surface area contributed by atoms with Crippen LogP contribution in [-0.2, 0) is 16.6 Å². The van der Waals surface area contributed by atoms with E-state index in [2.05, 4.69) is 45.9 Å². The molecule has 1 aliphatic rings. The first-order valence-electron chi connectivity index (χ1n) is 7.14. The second-order valence-electron chi connectivity index (χ2n) is 6.88. The number of hydrogen-bond acceptors (Lipinski definition) is 1. The zero-order chi connectivity index (χ0) is 14.2. The number of aryl methyl sites for hydroxylation is 1. The highest BCUT2D eigenvalue weighted by molar-refractivity contribution is 5.68. The van der Waals surface area contributed by atoms with E-state index in [0.717, 1.165) is 12.8 Å². The number of carboxylic acids is 1. The zero-order valence-corrected chi connectivity index (χ0v) is 12.4. The van der Waals surface area contributed by atoms with Gasteiger partial charge >= 0.3 is 5.97 Å². The standard InChI is InChI=1S/C17H24O2/c1-11-5-6-12-7-8-13(17(2,3)4)9-15(12)14(11)10-16(18)19/h7-9,11,14H,5-6,10H2,1-4H3,(H,18,19). The zero-order valence-electron chi connectivity index (χ0n) is 12.4. The predicted molar refractivity (Wildman–Crippen MR) is 77.6 cm³/mol. The number of carbonyl (C=O) groups is 1. The van der Waals surface area contributed by atoms with Gasteiger partial charge in [-0.05, 0) is 46.8 Å². The van der Waals surface area contributed by atoms with Crippen LogP contribution in [0.2, 0.25) is 0 Å². The van der Waals surface area contributed by atoms with Crippen LogP contribution in [0.5, 0.6) is 0 Å². The van der Waals surface area contributed by atoms with Gasteiger partial charge in [-0.1, -0.05) is 45.9 Å². The number of aliphatic carboxylic acids is 1. The number of benzene rings is 1. The van der Waals surface area contributed by atoms with Crippen LogP contribution in [0.3, 0.4) is 0 Å². The van der Waals surface area contributed by atoms with Crippen molar-refractivity contribution in [2.24, 2.45) is 5.92 Å². The predicted octanol–water partition coefficient (Wildman–Crippen LogP) is 4.12. The van der Waals surface area contributed by atoms with E-state index in [9.17, 15) is 4.79 Å². The van der Waals surface area contributed by atoms with Crippen molar-refractivity contribution in [2.45, 2.75) is 58.3 Å². The first-order chi connectivity index (χ1) is 8.79. The van der Waals surface area contributed by atoms with E-state index < -0.39 is 5.97 Å². The molecule has 104 valence electrons. The van der Waals surface area contributed by atoms with Crippen molar-refractivity contribution in [1.82, 2.24) is 0 Å². The molecule has 0 aliphatic heterocycles. The van der Waals surface area contributed by atoms with Crippen molar-refractivity contribution >= 4 is 5.97 Å². The molecule has 0 aromatic heterocycles. The molecule has 0 heterocycles. The number of rotatable bonds is 2. The summed E-state index contributed by atoms with van der Waals surface area (Å²) < 4.78 is 0. The maximum Gasteiger partial charge on any atom is 0.303 e. The summed E-state index contributed by atoms with van der Waals surface area (Å²) in [6, 6.07) is 6.65. The van der Waals surface area contributed by atoms with Gasteiger partial charge in [-0.15, -0.1) is 0 Å². The second kappa shape index (κ2) is 4.99. The molecule has 0 saturated heterocycles. The lowest BCUT2D eigenvalue weighted by Gasteiger charge is -2.32. The SMILES string of the molecule is CC1CCc2ccc(C(C)(C)C)cc2C1CC(=O)O. The maximum absolute atomic E-state index is 11.1. The summed E-state index contributed by atoms with van der Waals surface area (Å²) in [5.74, 6) is -0.0618. The lowest BCUT2D eigenvalue weighted by Crippen LogP contribution is -2.22. The van der Waals surface area contributed by atoms with Crippen molar-refractivity contribution < 1.29 is 9.90 Å². The van der Waals surface area contributed by atoms with Gasteiger partial charge in [-0.2, -0.15) is 0 Å². The van der Waals surface area contributed by atoms with E-state index in [1.54, 1.807) is 0 Å². The number of fused-ring (bicyclic) bond motifs is 1. The fourth-order valence-corrected chi connectivity index (χ4v) is 3.02. The van der Waals surface area contributed by atoms with Crippen LogP contribution in [-0.4, -0.2) is 11.1 Å². The molecule has 1 aliphatic carbocycles. The average Bonchev–Trinajstić information content (AvgIpc) is 2.30.